The van der Waals surface area contributed by atoms with Crippen molar-refractivity contribution in [2.75, 3.05) is 26.3 Å². The summed E-state index contributed by atoms with van der Waals surface area (Å²) < 4.78 is 12.8. The van der Waals surface area contributed by atoms with E-state index < -0.39 is 41.2 Å². The number of carbonyl (C=O) groups is 2. The zero-order valence-corrected chi connectivity index (χ0v) is 21.4. The Balaban J connectivity index is 1.54. The first-order chi connectivity index (χ1) is 17.2. The van der Waals surface area contributed by atoms with Crippen molar-refractivity contribution < 1.29 is 29.3 Å². The molecule has 4 fully saturated rings. The zero-order valence-electron chi connectivity index (χ0n) is 21.4. The third-order valence-corrected chi connectivity index (χ3v) is 10.3. The lowest BCUT2D eigenvalue weighted by Crippen LogP contribution is -2.66. The molecule has 0 bridgehead atoms. The average molecular weight is 501 g/mol. The van der Waals surface area contributed by atoms with Gasteiger partial charge in [-0.05, 0) is 81.8 Å². The first-order valence-corrected chi connectivity index (χ1v) is 13.5. The molecule has 1 unspecified atom stereocenters. The number of Topliss-reactive ketones (excluding diaryl/α,β-unsaturated/α-hetero) is 1. The first-order valence-electron chi connectivity index (χ1n) is 13.5. The van der Waals surface area contributed by atoms with E-state index in [9.17, 15) is 19.8 Å². The van der Waals surface area contributed by atoms with Gasteiger partial charge in [-0.1, -0.05) is 25.5 Å². The maximum absolute atomic E-state index is 13.5. The molecule has 0 aromatic rings. The van der Waals surface area contributed by atoms with Crippen LogP contribution in [-0.2, 0) is 19.1 Å². The molecule has 5 aliphatic rings. The lowest BCUT2D eigenvalue weighted by molar-refractivity contribution is -0.215. The summed E-state index contributed by atoms with van der Waals surface area (Å²) in [6, 6.07) is 0. The number of piperidine rings is 1. The van der Waals surface area contributed by atoms with Crippen LogP contribution in [0.4, 0.5) is 0 Å². The number of hydrogen-bond acceptors (Lipinski definition) is 8. The Morgan fingerprint density at radius 1 is 1.28 bits per heavy atom. The highest BCUT2D eigenvalue weighted by molar-refractivity contribution is 6.01. The minimum Gasteiger partial charge on any atom is -0.393 e. The quantitative estimate of drug-likeness (QED) is 0.412. The van der Waals surface area contributed by atoms with E-state index in [1.54, 1.807) is 12.2 Å². The molecule has 0 aromatic heterocycles. The van der Waals surface area contributed by atoms with Gasteiger partial charge in [-0.15, -0.1) is 0 Å². The molecule has 4 N–H and O–H groups in total. The van der Waals surface area contributed by atoms with E-state index in [0.717, 1.165) is 44.3 Å². The molecule has 0 radical (unpaired) electrons. The number of ketones is 2. The van der Waals surface area contributed by atoms with Crippen molar-refractivity contribution in [2.45, 2.75) is 70.4 Å². The van der Waals surface area contributed by atoms with Crippen LogP contribution in [0.15, 0.2) is 23.8 Å². The van der Waals surface area contributed by atoms with Crippen molar-refractivity contribution in [2.24, 2.45) is 34.5 Å². The number of aliphatic hydroxyl groups is 2. The van der Waals surface area contributed by atoms with Crippen molar-refractivity contribution in [3.63, 3.8) is 0 Å². The van der Waals surface area contributed by atoms with Gasteiger partial charge < -0.3 is 30.4 Å². The van der Waals surface area contributed by atoms with Gasteiger partial charge in [-0.3, -0.25) is 9.59 Å². The normalized spacial score (nSPS) is 45.1. The minimum atomic E-state index is -1.38. The second-order valence-electron chi connectivity index (χ2n) is 11.9. The summed E-state index contributed by atoms with van der Waals surface area (Å²) in [5, 5.41) is 33.2. The van der Waals surface area contributed by atoms with Crippen LogP contribution < -0.4 is 5.32 Å². The molecule has 36 heavy (non-hydrogen) atoms. The number of fused-ring (bicyclic) bond motifs is 3. The van der Waals surface area contributed by atoms with Crippen molar-refractivity contribution >= 4 is 17.8 Å². The standard InChI is InChI=1S/C28H40N2O6/c1-26-9-5-19(32)13-18(26)3-4-20-21(6-10-29)27(2,14-22(33)24(20)26)28(23(34)15-31)16-35-25(36-28)17-7-11-30-12-8-17/h5,9-10,13,17,20-22,24-25,29-31,33H,3-4,6-8,11-12,14-16H2,1-2H3/t20-,21-,22-,24+,25+,26-,27?,28-/m0/s1. The second kappa shape index (κ2) is 9.55. The van der Waals surface area contributed by atoms with Gasteiger partial charge in [0, 0.05) is 22.7 Å². The van der Waals surface area contributed by atoms with E-state index in [1.807, 2.05) is 13.0 Å². The fourth-order valence-electron chi connectivity index (χ4n) is 8.41. The summed E-state index contributed by atoms with van der Waals surface area (Å²) in [6.07, 6.45) is 9.44. The third kappa shape index (κ3) is 3.79. The van der Waals surface area contributed by atoms with Crippen LogP contribution in [0.1, 0.15) is 52.4 Å². The number of allylic oxidation sites excluding steroid dienone is 4. The Morgan fingerprint density at radius 3 is 2.72 bits per heavy atom. The number of aliphatic hydroxyl groups excluding tert-OH is 2. The largest absolute Gasteiger partial charge is 0.393 e. The number of nitrogens with one attached hydrogen (secondary N) is 2. The van der Waals surface area contributed by atoms with Crippen LogP contribution in [0.5, 0.6) is 0 Å². The second-order valence-corrected chi connectivity index (χ2v) is 11.9. The summed E-state index contributed by atoms with van der Waals surface area (Å²) in [6.45, 7) is 5.23. The molecule has 8 nitrogen and oxygen atoms in total. The van der Waals surface area contributed by atoms with Gasteiger partial charge in [0.25, 0.3) is 0 Å². The van der Waals surface area contributed by atoms with Gasteiger partial charge in [-0.2, -0.15) is 0 Å². The van der Waals surface area contributed by atoms with Crippen molar-refractivity contribution in [3.05, 3.63) is 23.8 Å². The van der Waals surface area contributed by atoms with E-state index in [4.69, 9.17) is 14.9 Å². The smallest absolute Gasteiger partial charge is 0.192 e. The molecular weight excluding hydrogens is 460 g/mol. The number of ether oxygens (including phenoxy) is 2. The van der Waals surface area contributed by atoms with Crippen LogP contribution in [0.3, 0.4) is 0 Å². The van der Waals surface area contributed by atoms with Crippen LogP contribution in [-0.4, -0.2) is 72.3 Å². The molecule has 2 saturated carbocycles. The molecule has 2 saturated heterocycles. The first kappa shape index (κ1) is 25.9. The predicted molar refractivity (Wildman–Crippen MR) is 133 cm³/mol. The molecule has 198 valence electrons. The Kier molecular flexibility index (Phi) is 6.88. The van der Waals surface area contributed by atoms with Crippen LogP contribution in [0.2, 0.25) is 0 Å². The van der Waals surface area contributed by atoms with Crippen molar-refractivity contribution in [1.29, 1.82) is 5.41 Å². The van der Waals surface area contributed by atoms with Crippen molar-refractivity contribution in [3.8, 4) is 0 Å². The monoisotopic (exact) mass is 500 g/mol. The van der Waals surface area contributed by atoms with E-state index in [-0.39, 0.29) is 36.1 Å². The molecule has 0 aromatic carbocycles. The van der Waals surface area contributed by atoms with Gasteiger partial charge in [0.1, 0.15) is 6.61 Å². The Labute approximate surface area is 213 Å². The van der Waals surface area contributed by atoms with Gasteiger partial charge in [0.05, 0.1) is 12.7 Å². The highest BCUT2D eigenvalue weighted by Gasteiger charge is 2.68. The summed E-state index contributed by atoms with van der Waals surface area (Å²) in [5.41, 5.74) is -1.61. The number of hydrogen-bond donors (Lipinski definition) is 4. The lowest BCUT2D eigenvalue weighted by Gasteiger charge is -2.62. The molecule has 0 spiro atoms. The zero-order chi connectivity index (χ0) is 25.7. The van der Waals surface area contributed by atoms with Crippen LogP contribution in [0, 0.1) is 39.9 Å². The maximum Gasteiger partial charge on any atom is 0.192 e. The summed E-state index contributed by atoms with van der Waals surface area (Å²) in [7, 11) is 0. The van der Waals surface area contributed by atoms with Crippen molar-refractivity contribution in [1.82, 2.24) is 5.32 Å². The van der Waals surface area contributed by atoms with Gasteiger partial charge >= 0.3 is 0 Å². The topological polar surface area (TPSA) is 129 Å². The molecule has 5 rings (SSSR count). The molecule has 8 heteroatoms. The average Bonchev–Trinajstić information content (AvgIpc) is 3.34. The van der Waals surface area contributed by atoms with E-state index in [0.29, 0.717) is 12.8 Å². The SMILES string of the molecule is CC1([C@@]2(C(=O)CO)CO[C@@H](C3CCNCC3)O2)C[C@H](O)[C@H]2[C@@H](CCC3=CC(=O)C=C[C@@]32C)[C@@H]1CC=N. The van der Waals surface area contributed by atoms with E-state index >= 15 is 0 Å². The van der Waals surface area contributed by atoms with Gasteiger partial charge in [-0.25, -0.2) is 0 Å². The summed E-state index contributed by atoms with van der Waals surface area (Å²) in [4.78, 5) is 25.7. The van der Waals surface area contributed by atoms with E-state index in [2.05, 4.69) is 12.2 Å². The van der Waals surface area contributed by atoms with Gasteiger partial charge in [0.2, 0.25) is 0 Å². The van der Waals surface area contributed by atoms with Crippen LogP contribution >= 0.6 is 0 Å². The summed E-state index contributed by atoms with van der Waals surface area (Å²) >= 11 is 0. The predicted octanol–water partition coefficient (Wildman–Crippen LogP) is 2.18. The molecule has 3 aliphatic carbocycles. The Hall–Kier alpha value is -1.71. The third-order valence-electron chi connectivity index (χ3n) is 10.3. The summed E-state index contributed by atoms with van der Waals surface area (Å²) in [5.74, 6) is -0.502. The lowest BCUT2D eigenvalue weighted by atomic mass is 9.43. The molecule has 8 atom stereocenters. The Morgan fingerprint density at radius 2 is 2.03 bits per heavy atom. The highest BCUT2D eigenvalue weighted by atomic mass is 16.7. The Bertz CT molecular complexity index is 973. The minimum absolute atomic E-state index is 0.0138. The molecular formula is C28H40N2O6. The molecule has 2 aliphatic heterocycles. The highest BCUT2D eigenvalue weighted by Crippen LogP contribution is 2.64. The fraction of sp³-hybridized carbons (Fsp3) is 0.750. The van der Waals surface area contributed by atoms with Crippen LogP contribution in [0.25, 0.3) is 0 Å². The number of carbonyl (C=O) groups excluding carboxylic acids is 2. The number of rotatable bonds is 6. The maximum atomic E-state index is 13.5. The molecule has 0 amide bonds. The van der Waals surface area contributed by atoms with Gasteiger partial charge in [0.15, 0.2) is 23.5 Å². The fourth-order valence-corrected chi connectivity index (χ4v) is 8.41. The molecule has 2 heterocycles. The van der Waals surface area contributed by atoms with E-state index in [1.165, 1.54) is 6.21 Å².